The van der Waals surface area contributed by atoms with E-state index in [1.807, 2.05) is 12.3 Å². The third kappa shape index (κ3) is 2.37. The number of anilines is 1. The maximum absolute atomic E-state index is 4.12. The number of benzene rings is 1. The molecule has 0 bridgehead atoms. The standard InChI is InChI=1S/C16H18N2/c1-12-4-6-13(7-5-12)14-9-16(10-14)18-15-3-2-8-17-11-15/h2-8,11,14,16,18H,9-10H2,1H3. The summed E-state index contributed by atoms with van der Waals surface area (Å²) >= 11 is 0. The molecule has 92 valence electrons. The SMILES string of the molecule is Cc1ccc(C2CC(Nc3cccnc3)C2)cc1. The minimum atomic E-state index is 0.598. The fraction of sp³-hybridized carbons (Fsp3) is 0.312. The Morgan fingerprint density at radius 2 is 1.89 bits per heavy atom. The summed E-state index contributed by atoms with van der Waals surface area (Å²) in [7, 11) is 0. The summed E-state index contributed by atoms with van der Waals surface area (Å²) in [4.78, 5) is 4.12. The predicted octanol–water partition coefficient (Wildman–Crippen LogP) is 3.75. The second-order valence-electron chi connectivity index (χ2n) is 5.16. The van der Waals surface area contributed by atoms with Crippen molar-refractivity contribution >= 4 is 5.69 Å². The van der Waals surface area contributed by atoms with E-state index in [1.54, 1.807) is 6.20 Å². The molecular formula is C16H18N2. The van der Waals surface area contributed by atoms with Crippen LogP contribution in [0.2, 0.25) is 0 Å². The van der Waals surface area contributed by atoms with E-state index in [0.717, 1.165) is 11.6 Å². The zero-order chi connectivity index (χ0) is 12.4. The number of hydrogen-bond acceptors (Lipinski definition) is 2. The van der Waals surface area contributed by atoms with E-state index >= 15 is 0 Å². The molecule has 2 aromatic rings. The minimum absolute atomic E-state index is 0.598. The van der Waals surface area contributed by atoms with Gasteiger partial charge in [0.15, 0.2) is 0 Å². The van der Waals surface area contributed by atoms with Crippen molar-refractivity contribution < 1.29 is 0 Å². The minimum Gasteiger partial charge on any atom is -0.381 e. The lowest BCUT2D eigenvalue weighted by atomic mass is 9.75. The van der Waals surface area contributed by atoms with Gasteiger partial charge in [0.25, 0.3) is 0 Å². The van der Waals surface area contributed by atoms with Crippen molar-refractivity contribution in [2.24, 2.45) is 0 Å². The molecular weight excluding hydrogens is 220 g/mol. The molecule has 3 rings (SSSR count). The van der Waals surface area contributed by atoms with Crippen molar-refractivity contribution in [1.29, 1.82) is 0 Å². The van der Waals surface area contributed by atoms with E-state index < -0.39 is 0 Å². The van der Waals surface area contributed by atoms with Crippen LogP contribution in [-0.2, 0) is 0 Å². The Morgan fingerprint density at radius 3 is 2.56 bits per heavy atom. The van der Waals surface area contributed by atoms with Gasteiger partial charge in [-0.05, 0) is 43.4 Å². The molecule has 2 nitrogen and oxygen atoms in total. The van der Waals surface area contributed by atoms with Crippen molar-refractivity contribution in [2.45, 2.75) is 31.7 Å². The first-order chi connectivity index (χ1) is 8.81. The third-order valence-corrected chi connectivity index (χ3v) is 3.72. The molecule has 1 aromatic carbocycles. The van der Waals surface area contributed by atoms with E-state index in [4.69, 9.17) is 0 Å². The van der Waals surface area contributed by atoms with Crippen LogP contribution in [0, 0.1) is 6.92 Å². The van der Waals surface area contributed by atoms with Crippen LogP contribution < -0.4 is 5.32 Å². The van der Waals surface area contributed by atoms with Gasteiger partial charge in [-0.1, -0.05) is 29.8 Å². The first-order valence-electron chi connectivity index (χ1n) is 6.54. The van der Waals surface area contributed by atoms with Gasteiger partial charge in [-0.15, -0.1) is 0 Å². The smallest absolute Gasteiger partial charge is 0.0528 e. The van der Waals surface area contributed by atoms with Crippen LogP contribution in [0.25, 0.3) is 0 Å². The maximum atomic E-state index is 4.12. The highest BCUT2D eigenvalue weighted by atomic mass is 14.9. The van der Waals surface area contributed by atoms with Crippen LogP contribution in [0.5, 0.6) is 0 Å². The summed E-state index contributed by atoms with van der Waals surface area (Å²) in [5.74, 6) is 0.722. The highest BCUT2D eigenvalue weighted by Crippen LogP contribution is 2.38. The molecule has 1 fully saturated rings. The Hall–Kier alpha value is -1.83. The lowest BCUT2D eigenvalue weighted by molar-refractivity contribution is 0.374. The summed E-state index contributed by atoms with van der Waals surface area (Å²) in [5.41, 5.74) is 3.94. The van der Waals surface area contributed by atoms with Crippen LogP contribution in [0.1, 0.15) is 29.9 Å². The molecule has 0 unspecified atom stereocenters. The Balaban J connectivity index is 1.56. The number of aromatic nitrogens is 1. The molecule has 18 heavy (non-hydrogen) atoms. The predicted molar refractivity (Wildman–Crippen MR) is 74.8 cm³/mol. The van der Waals surface area contributed by atoms with Gasteiger partial charge in [-0.2, -0.15) is 0 Å². The van der Waals surface area contributed by atoms with E-state index in [9.17, 15) is 0 Å². The summed E-state index contributed by atoms with van der Waals surface area (Å²) in [6.07, 6.45) is 6.14. The third-order valence-electron chi connectivity index (χ3n) is 3.72. The Kier molecular flexibility index (Phi) is 3.01. The van der Waals surface area contributed by atoms with Gasteiger partial charge in [0.2, 0.25) is 0 Å². The summed E-state index contributed by atoms with van der Waals surface area (Å²) in [5, 5.41) is 3.53. The average Bonchev–Trinajstić information content (AvgIpc) is 2.36. The number of aryl methyl sites for hydroxylation is 1. The largest absolute Gasteiger partial charge is 0.381 e. The molecule has 0 amide bonds. The van der Waals surface area contributed by atoms with E-state index in [-0.39, 0.29) is 0 Å². The molecule has 2 heteroatoms. The number of pyridine rings is 1. The lowest BCUT2D eigenvalue weighted by Crippen LogP contribution is -2.33. The van der Waals surface area contributed by atoms with Gasteiger partial charge in [0, 0.05) is 18.4 Å². The Labute approximate surface area is 108 Å². The number of nitrogens with one attached hydrogen (secondary N) is 1. The van der Waals surface area contributed by atoms with Crippen LogP contribution >= 0.6 is 0 Å². The lowest BCUT2D eigenvalue weighted by Gasteiger charge is -2.36. The summed E-state index contributed by atoms with van der Waals surface area (Å²) in [6.45, 7) is 2.14. The van der Waals surface area contributed by atoms with Crippen molar-refractivity contribution in [1.82, 2.24) is 4.98 Å². The highest BCUT2D eigenvalue weighted by Gasteiger charge is 2.29. The second-order valence-corrected chi connectivity index (χ2v) is 5.16. The number of rotatable bonds is 3. The molecule has 0 atom stereocenters. The molecule has 1 N–H and O–H groups in total. The first-order valence-corrected chi connectivity index (χ1v) is 6.54. The molecule has 0 saturated heterocycles. The van der Waals surface area contributed by atoms with Crippen LogP contribution in [0.4, 0.5) is 5.69 Å². The van der Waals surface area contributed by atoms with Gasteiger partial charge in [-0.25, -0.2) is 0 Å². The molecule has 0 spiro atoms. The van der Waals surface area contributed by atoms with Gasteiger partial charge in [0.05, 0.1) is 5.69 Å². The van der Waals surface area contributed by atoms with Gasteiger partial charge in [0.1, 0.15) is 0 Å². The monoisotopic (exact) mass is 238 g/mol. The zero-order valence-electron chi connectivity index (χ0n) is 10.6. The summed E-state index contributed by atoms with van der Waals surface area (Å²) in [6, 6.07) is 13.6. The fourth-order valence-corrected chi connectivity index (χ4v) is 2.53. The highest BCUT2D eigenvalue weighted by molar-refractivity contribution is 5.42. The molecule has 1 saturated carbocycles. The molecule has 0 aliphatic heterocycles. The van der Waals surface area contributed by atoms with Crippen LogP contribution in [-0.4, -0.2) is 11.0 Å². The van der Waals surface area contributed by atoms with Crippen molar-refractivity contribution in [3.63, 3.8) is 0 Å². The van der Waals surface area contributed by atoms with Crippen molar-refractivity contribution in [3.8, 4) is 0 Å². The van der Waals surface area contributed by atoms with Crippen LogP contribution in [0.15, 0.2) is 48.8 Å². The molecule has 1 heterocycles. The van der Waals surface area contributed by atoms with Crippen LogP contribution in [0.3, 0.4) is 0 Å². The van der Waals surface area contributed by atoms with Gasteiger partial charge in [-0.3, -0.25) is 4.98 Å². The normalized spacial score (nSPS) is 22.3. The quantitative estimate of drug-likeness (QED) is 0.881. The Bertz CT molecular complexity index is 498. The number of hydrogen-bond donors (Lipinski definition) is 1. The topological polar surface area (TPSA) is 24.9 Å². The maximum Gasteiger partial charge on any atom is 0.0528 e. The fourth-order valence-electron chi connectivity index (χ4n) is 2.53. The van der Waals surface area contributed by atoms with E-state index in [1.165, 1.54) is 24.0 Å². The molecule has 1 aliphatic rings. The van der Waals surface area contributed by atoms with Gasteiger partial charge < -0.3 is 5.32 Å². The second kappa shape index (κ2) is 4.81. The van der Waals surface area contributed by atoms with Crippen molar-refractivity contribution in [3.05, 3.63) is 59.9 Å². The average molecular weight is 238 g/mol. The Morgan fingerprint density at radius 1 is 1.11 bits per heavy atom. The first kappa shape index (κ1) is 11.3. The molecule has 1 aromatic heterocycles. The van der Waals surface area contributed by atoms with E-state index in [2.05, 4.69) is 47.6 Å². The van der Waals surface area contributed by atoms with Gasteiger partial charge >= 0.3 is 0 Å². The number of nitrogens with zero attached hydrogens (tertiary/aromatic N) is 1. The van der Waals surface area contributed by atoms with Crippen molar-refractivity contribution in [2.75, 3.05) is 5.32 Å². The summed E-state index contributed by atoms with van der Waals surface area (Å²) < 4.78 is 0. The van der Waals surface area contributed by atoms with E-state index in [0.29, 0.717) is 6.04 Å². The zero-order valence-corrected chi connectivity index (χ0v) is 10.6. The molecule has 0 radical (unpaired) electrons. The molecule has 1 aliphatic carbocycles.